The van der Waals surface area contributed by atoms with Crippen molar-refractivity contribution in [3.8, 4) is 0 Å². The van der Waals surface area contributed by atoms with E-state index in [4.69, 9.17) is 5.73 Å². The highest BCUT2D eigenvalue weighted by molar-refractivity contribution is 6.07. The molecule has 1 amide bonds. The van der Waals surface area contributed by atoms with Gasteiger partial charge in [-0.1, -0.05) is 18.2 Å². The van der Waals surface area contributed by atoms with Crippen LogP contribution in [0.3, 0.4) is 0 Å². The van der Waals surface area contributed by atoms with E-state index in [1.54, 1.807) is 12.1 Å². The van der Waals surface area contributed by atoms with Crippen molar-refractivity contribution in [2.45, 2.75) is 12.8 Å². The van der Waals surface area contributed by atoms with Crippen LogP contribution in [0.15, 0.2) is 24.3 Å². The molecular formula is C12H15ClF2N2O2. The summed E-state index contributed by atoms with van der Waals surface area (Å²) >= 11 is 0. The van der Waals surface area contributed by atoms with Crippen LogP contribution in [0.2, 0.25) is 0 Å². The second kappa shape index (κ2) is 7.16. The van der Waals surface area contributed by atoms with Gasteiger partial charge in [0, 0.05) is 5.56 Å². The Morgan fingerprint density at radius 3 is 2.26 bits per heavy atom. The molecule has 0 radical (unpaired) electrons. The quantitative estimate of drug-likeness (QED) is 0.810. The van der Waals surface area contributed by atoms with Crippen molar-refractivity contribution in [2.75, 3.05) is 13.1 Å². The van der Waals surface area contributed by atoms with Crippen LogP contribution in [0.5, 0.6) is 0 Å². The fraction of sp³-hybridized carbons (Fsp3) is 0.333. The van der Waals surface area contributed by atoms with Crippen molar-refractivity contribution >= 4 is 24.1 Å². The first-order valence-electron chi connectivity index (χ1n) is 5.33. The number of Topliss-reactive ketones (excluding diaryl/α,β-unsaturated/α-hetero) is 1. The molecule has 0 fully saturated rings. The second-order valence-electron chi connectivity index (χ2n) is 3.84. The van der Waals surface area contributed by atoms with Gasteiger partial charge in [0.15, 0.2) is 5.78 Å². The van der Waals surface area contributed by atoms with E-state index in [9.17, 15) is 18.4 Å². The zero-order valence-electron chi connectivity index (χ0n) is 10.3. The van der Waals surface area contributed by atoms with Crippen molar-refractivity contribution in [1.29, 1.82) is 0 Å². The number of hydrogen-bond donors (Lipinski definition) is 2. The Morgan fingerprint density at radius 2 is 1.79 bits per heavy atom. The molecule has 0 aliphatic carbocycles. The van der Waals surface area contributed by atoms with Crippen LogP contribution in [-0.2, 0) is 0 Å². The monoisotopic (exact) mass is 292 g/mol. The summed E-state index contributed by atoms with van der Waals surface area (Å²) in [5.41, 5.74) is 5.14. The summed E-state index contributed by atoms with van der Waals surface area (Å²) < 4.78 is 25.8. The van der Waals surface area contributed by atoms with Gasteiger partial charge in [-0.25, -0.2) is 8.78 Å². The number of carbonyl (C=O) groups excluding carboxylic acids is 2. The van der Waals surface area contributed by atoms with E-state index in [1.165, 1.54) is 19.1 Å². The van der Waals surface area contributed by atoms with Crippen molar-refractivity contribution in [3.63, 3.8) is 0 Å². The summed E-state index contributed by atoms with van der Waals surface area (Å²) in [4.78, 5) is 23.0. The average molecular weight is 293 g/mol. The van der Waals surface area contributed by atoms with Gasteiger partial charge >= 0.3 is 0 Å². The van der Waals surface area contributed by atoms with E-state index in [0.29, 0.717) is 0 Å². The fourth-order valence-electron chi connectivity index (χ4n) is 1.37. The summed E-state index contributed by atoms with van der Waals surface area (Å²) in [6.45, 7) is -0.392. The van der Waals surface area contributed by atoms with Crippen molar-refractivity contribution in [2.24, 2.45) is 5.73 Å². The Kier molecular flexibility index (Phi) is 6.58. The van der Waals surface area contributed by atoms with Gasteiger partial charge in [-0.3, -0.25) is 9.59 Å². The van der Waals surface area contributed by atoms with Crippen LogP contribution in [0.1, 0.15) is 27.6 Å². The number of alkyl halides is 2. The van der Waals surface area contributed by atoms with Gasteiger partial charge in [0.25, 0.3) is 11.8 Å². The van der Waals surface area contributed by atoms with E-state index >= 15 is 0 Å². The Bertz CT molecular complexity index is 467. The third-order valence-electron chi connectivity index (χ3n) is 2.36. The molecule has 0 aromatic heterocycles. The Balaban J connectivity index is 0.00000324. The Morgan fingerprint density at radius 1 is 1.26 bits per heavy atom. The highest BCUT2D eigenvalue weighted by atomic mass is 35.5. The number of amides is 1. The largest absolute Gasteiger partial charge is 0.346 e. The lowest BCUT2D eigenvalue weighted by molar-refractivity contribution is 0.0118. The van der Waals surface area contributed by atoms with Crippen LogP contribution in [0, 0.1) is 0 Å². The second-order valence-corrected chi connectivity index (χ2v) is 3.84. The first-order valence-corrected chi connectivity index (χ1v) is 5.33. The molecule has 4 nitrogen and oxygen atoms in total. The van der Waals surface area contributed by atoms with Gasteiger partial charge in [0.1, 0.15) is 0 Å². The van der Waals surface area contributed by atoms with Crippen molar-refractivity contribution < 1.29 is 18.4 Å². The third-order valence-corrected chi connectivity index (χ3v) is 2.36. The topological polar surface area (TPSA) is 72.2 Å². The number of nitrogens with two attached hydrogens (primary N) is 1. The van der Waals surface area contributed by atoms with E-state index in [0.717, 1.165) is 0 Å². The fourth-order valence-corrected chi connectivity index (χ4v) is 1.37. The molecule has 0 atom stereocenters. The van der Waals surface area contributed by atoms with Gasteiger partial charge in [-0.2, -0.15) is 0 Å². The maximum atomic E-state index is 12.9. The van der Waals surface area contributed by atoms with Crippen LogP contribution in [-0.4, -0.2) is 30.7 Å². The Labute approximate surface area is 115 Å². The van der Waals surface area contributed by atoms with Crippen LogP contribution in [0.25, 0.3) is 0 Å². The number of carbonyl (C=O) groups is 2. The van der Waals surface area contributed by atoms with Gasteiger partial charge in [-0.15, -0.1) is 12.4 Å². The molecule has 0 unspecified atom stereocenters. The van der Waals surface area contributed by atoms with Crippen LogP contribution < -0.4 is 11.1 Å². The molecule has 3 N–H and O–H groups in total. The van der Waals surface area contributed by atoms with E-state index in [2.05, 4.69) is 5.32 Å². The maximum absolute atomic E-state index is 12.9. The number of benzene rings is 1. The minimum absolute atomic E-state index is 0. The highest BCUT2D eigenvalue weighted by Crippen LogP contribution is 2.12. The minimum atomic E-state index is -3.15. The zero-order valence-corrected chi connectivity index (χ0v) is 11.1. The molecule has 0 heterocycles. The number of hydrogen-bond acceptors (Lipinski definition) is 3. The molecule has 1 aromatic rings. The summed E-state index contributed by atoms with van der Waals surface area (Å²) in [5.74, 6) is -4.17. The summed E-state index contributed by atoms with van der Waals surface area (Å²) in [7, 11) is 0. The van der Waals surface area contributed by atoms with Gasteiger partial charge in [0.2, 0.25) is 0 Å². The lowest BCUT2D eigenvalue weighted by Crippen LogP contribution is -2.41. The molecule has 1 rings (SSSR count). The molecule has 0 aliphatic heterocycles. The van der Waals surface area contributed by atoms with E-state index < -0.39 is 24.9 Å². The number of ketones is 1. The molecule has 0 spiro atoms. The predicted molar refractivity (Wildman–Crippen MR) is 70.0 cm³/mol. The third kappa shape index (κ3) is 4.92. The van der Waals surface area contributed by atoms with Crippen molar-refractivity contribution in [3.05, 3.63) is 35.4 Å². The highest BCUT2D eigenvalue weighted by Gasteiger charge is 2.27. The normalized spacial score (nSPS) is 10.5. The first kappa shape index (κ1) is 17.5. The first-order chi connectivity index (χ1) is 8.37. The maximum Gasteiger partial charge on any atom is 0.277 e. The molecule has 0 bridgehead atoms. The number of rotatable bonds is 5. The summed E-state index contributed by atoms with van der Waals surface area (Å²) in [6, 6.07) is 6.04. The molecule has 19 heavy (non-hydrogen) atoms. The average Bonchev–Trinajstić information content (AvgIpc) is 2.36. The number of halogens is 3. The predicted octanol–water partition coefficient (Wildman–Crippen LogP) is 1.63. The molecule has 106 valence electrons. The zero-order chi connectivity index (χ0) is 13.8. The minimum Gasteiger partial charge on any atom is -0.346 e. The number of nitrogens with one attached hydrogen (secondary N) is 1. The molecule has 0 saturated heterocycles. The molecule has 0 aliphatic rings. The van der Waals surface area contributed by atoms with Gasteiger partial charge < -0.3 is 11.1 Å². The molecular weight excluding hydrogens is 278 g/mol. The SMILES string of the molecule is CC(=O)c1ccccc1C(=O)NCC(F)(F)CN.Cl. The van der Waals surface area contributed by atoms with Gasteiger partial charge in [-0.05, 0) is 13.0 Å². The summed E-state index contributed by atoms with van der Waals surface area (Å²) in [5, 5.41) is 2.06. The van der Waals surface area contributed by atoms with E-state index in [-0.39, 0.29) is 29.3 Å². The standard InChI is InChI=1S/C12H14F2N2O2.ClH/c1-8(17)9-4-2-3-5-10(9)11(18)16-7-12(13,14)6-15;/h2-5H,6-7,15H2,1H3,(H,16,18);1H. The molecule has 0 saturated carbocycles. The van der Waals surface area contributed by atoms with Gasteiger partial charge in [0.05, 0.1) is 18.7 Å². The van der Waals surface area contributed by atoms with Crippen LogP contribution in [0.4, 0.5) is 8.78 Å². The smallest absolute Gasteiger partial charge is 0.277 e. The van der Waals surface area contributed by atoms with Crippen molar-refractivity contribution in [1.82, 2.24) is 5.32 Å². The lowest BCUT2D eigenvalue weighted by atomic mass is 10.0. The Hall–Kier alpha value is -1.53. The van der Waals surface area contributed by atoms with Crippen LogP contribution >= 0.6 is 12.4 Å². The summed E-state index contributed by atoms with van der Waals surface area (Å²) in [6.07, 6.45) is 0. The lowest BCUT2D eigenvalue weighted by Gasteiger charge is -2.15. The molecule has 7 heteroatoms. The molecule has 1 aromatic carbocycles. The van der Waals surface area contributed by atoms with E-state index in [1.807, 2.05) is 0 Å².